The highest BCUT2D eigenvalue weighted by Gasteiger charge is 2.32. The number of rotatable bonds is 27. The molecule has 0 aromatic carbocycles. The lowest BCUT2D eigenvalue weighted by Gasteiger charge is -2.31. The summed E-state index contributed by atoms with van der Waals surface area (Å²) in [6, 6.07) is 0.274. The van der Waals surface area contributed by atoms with Gasteiger partial charge in [-0.2, -0.15) is 0 Å². The summed E-state index contributed by atoms with van der Waals surface area (Å²) < 4.78 is 17.8. The minimum atomic E-state index is -2.14. The number of carbonyl (C=O) groups is 2. The molecule has 0 aliphatic carbocycles. The average molecular weight is 574 g/mol. The molecule has 1 atom stereocenters. The number of ether oxygens (including phenoxy) is 1. The molecule has 0 fully saturated rings. The van der Waals surface area contributed by atoms with E-state index in [1.807, 2.05) is 27.9 Å². The smallest absolute Gasteiger partial charge is 0.335 e. The summed E-state index contributed by atoms with van der Waals surface area (Å²) in [5.74, 6) is -0.478. The number of quaternary nitrogens is 1. The molecule has 8 heteroatoms. The molecule has 0 saturated carbocycles. The third-order valence-electron chi connectivity index (χ3n) is 7.34. The Hall–Kier alpha value is -0.963. The van der Waals surface area contributed by atoms with Crippen LogP contribution < -0.4 is 5.32 Å². The number of amides is 1. The van der Waals surface area contributed by atoms with Crippen molar-refractivity contribution in [1.29, 1.82) is 0 Å². The maximum absolute atomic E-state index is 12.6. The molecule has 1 unspecified atom stereocenters. The van der Waals surface area contributed by atoms with Crippen LogP contribution >= 0.6 is 0 Å². The number of nitrogens with one attached hydrogen (secondary N) is 1. The molecular weight excluding hydrogens is 508 g/mol. The van der Waals surface area contributed by atoms with Gasteiger partial charge in [-0.25, -0.2) is 4.79 Å². The van der Waals surface area contributed by atoms with Crippen molar-refractivity contribution in [3.63, 3.8) is 0 Å². The number of carbonyl (C=O) groups excluding carboxylic acids is 2. The molecule has 0 bridgehead atoms. The Kier molecular flexibility index (Phi) is 23.1. The number of nitrogens with zero attached hydrogens (tertiary/aromatic N) is 1. The van der Waals surface area contributed by atoms with Crippen LogP contribution in [0.15, 0.2) is 0 Å². The molecule has 0 radical (unpaired) electrons. The van der Waals surface area contributed by atoms with Crippen molar-refractivity contribution in [1.82, 2.24) is 5.32 Å². The monoisotopic (exact) mass is 573 g/mol. The number of esters is 1. The minimum absolute atomic E-state index is 0.129. The second-order valence-electron chi connectivity index (χ2n) is 12.0. The Labute approximate surface area is 242 Å². The van der Waals surface area contributed by atoms with Gasteiger partial charge in [-0.1, -0.05) is 90.4 Å². The third-order valence-corrected chi connectivity index (χ3v) is 10.4. The normalized spacial score (nSPS) is 12.9. The summed E-state index contributed by atoms with van der Waals surface area (Å²) in [6.07, 6.45) is 19.1. The Morgan fingerprint density at radius 1 is 0.744 bits per heavy atom. The first kappa shape index (κ1) is 38.0. The number of hydrogen-bond acceptors (Lipinski definition) is 5. The van der Waals surface area contributed by atoms with E-state index in [1.54, 1.807) is 6.92 Å². The Bertz CT molecular complexity index is 612. The fourth-order valence-electron chi connectivity index (χ4n) is 5.03. The molecular formula is C31H65N2O5Si+. The molecule has 0 aliphatic heterocycles. The summed E-state index contributed by atoms with van der Waals surface area (Å²) in [7, 11) is 1.94. The van der Waals surface area contributed by atoms with Crippen molar-refractivity contribution in [3.8, 4) is 0 Å². The van der Waals surface area contributed by atoms with E-state index in [2.05, 4.69) is 18.8 Å². The van der Waals surface area contributed by atoms with Gasteiger partial charge in [0.05, 0.1) is 27.2 Å². The number of unbranched alkanes of at least 4 members (excludes halogenated alkanes) is 13. The zero-order valence-corrected chi connectivity index (χ0v) is 27.9. The van der Waals surface area contributed by atoms with Crippen LogP contribution in [0.2, 0.25) is 12.6 Å². The molecule has 0 aromatic heterocycles. The van der Waals surface area contributed by atoms with Gasteiger partial charge in [-0.3, -0.25) is 4.79 Å². The molecule has 0 aliphatic rings. The molecule has 232 valence electrons. The van der Waals surface area contributed by atoms with Crippen LogP contribution in [0, 0.1) is 0 Å². The van der Waals surface area contributed by atoms with E-state index in [0.717, 1.165) is 31.9 Å². The van der Waals surface area contributed by atoms with Crippen LogP contribution in [0.4, 0.5) is 0 Å². The molecule has 0 aromatic rings. The predicted octanol–water partition coefficient (Wildman–Crippen LogP) is 7.13. The standard InChI is InChI=1S/C31H64N2O5Si/c1-8-11-12-13-14-15-16-17-18-19-20-21-22-23-26-36-31(35)29(4)32-30(34)28-33(5,6)25-24-27-39(7,37-9-2)38-10-3/h29H,8-28H2,1-7H3/p+1. The van der Waals surface area contributed by atoms with Gasteiger partial charge in [0.25, 0.3) is 5.91 Å². The summed E-state index contributed by atoms with van der Waals surface area (Å²) in [5, 5.41) is 2.82. The number of hydrogen-bond donors (Lipinski definition) is 1. The van der Waals surface area contributed by atoms with Crippen LogP contribution in [-0.2, 0) is 23.2 Å². The van der Waals surface area contributed by atoms with Crippen molar-refractivity contribution in [3.05, 3.63) is 0 Å². The van der Waals surface area contributed by atoms with Gasteiger partial charge in [-0.15, -0.1) is 0 Å². The summed E-state index contributed by atoms with van der Waals surface area (Å²) in [6.45, 7) is 13.0. The van der Waals surface area contributed by atoms with Gasteiger partial charge < -0.3 is 23.4 Å². The molecule has 0 rings (SSSR count). The van der Waals surface area contributed by atoms with E-state index >= 15 is 0 Å². The molecule has 0 spiro atoms. The van der Waals surface area contributed by atoms with E-state index in [0.29, 0.717) is 30.8 Å². The van der Waals surface area contributed by atoms with Crippen LogP contribution in [0.25, 0.3) is 0 Å². The Morgan fingerprint density at radius 3 is 1.67 bits per heavy atom. The van der Waals surface area contributed by atoms with Crippen LogP contribution in [-0.4, -0.2) is 78.0 Å². The summed E-state index contributed by atoms with van der Waals surface area (Å²) >= 11 is 0. The predicted molar refractivity (Wildman–Crippen MR) is 165 cm³/mol. The van der Waals surface area contributed by atoms with Crippen molar-refractivity contribution in [2.24, 2.45) is 0 Å². The summed E-state index contributed by atoms with van der Waals surface area (Å²) in [4.78, 5) is 24.9. The molecule has 7 nitrogen and oxygen atoms in total. The lowest BCUT2D eigenvalue weighted by Crippen LogP contribution is -2.51. The Balaban J connectivity index is 3.88. The highest BCUT2D eigenvalue weighted by atomic mass is 28.4. The third kappa shape index (κ3) is 22.4. The van der Waals surface area contributed by atoms with E-state index in [1.165, 1.54) is 77.0 Å². The van der Waals surface area contributed by atoms with Gasteiger partial charge in [0, 0.05) is 13.2 Å². The van der Waals surface area contributed by atoms with Gasteiger partial charge >= 0.3 is 14.5 Å². The lowest BCUT2D eigenvalue weighted by atomic mass is 10.0. The van der Waals surface area contributed by atoms with Crippen molar-refractivity contribution in [2.45, 2.75) is 143 Å². The first-order valence-corrected chi connectivity index (χ1v) is 18.7. The SMILES string of the molecule is CCCCCCCCCCCCCCCCOC(=O)C(C)NC(=O)C[N+](C)(C)CCC[Si](C)(OCC)OCC. The van der Waals surface area contributed by atoms with E-state index in [9.17, 15) is 9.59 Å². The van der Waals surface area contributed by atoms with Crippen LogP contribution in [0.5, 0.6) is 0 Å². The molecule has 1 amide bonds. The fourth-order valence-corrected chi connectivity index (χ4v) is 7.43. The van der Waals surface area contributed by atoms with E-state index < -0.39 is 14.6 Å². The van der Waals surface area contributed by atoms with Gasteiger partial charge in [0.1, 0.15) is 6.04 Å². The molecule has 0 heterocycles. The lowest BCUT2D eigenvalue weighted by molar-refractivity contribution is -0.882. The second-order valence-corrected chi connectivity index (χ2v) is 15.3. The first-order chi connectivity index (χ1) is 18.6. The van der Waals surface area contributed by atoms with E-state index in [-0.39, 0.29) is 11.9 Å². The zero-order chi connectivity index (χ0) is 29.4. The van der Waals surface area contributed by atoms with Gasteiger partial charge in [-0.05, 0) is 46.2 Å². The highest BCUT2D eigenvalue weighted by Crippen LogP contribution is 2.17. The first-order valence-electron chi connectivity index (χ1n) is 16.1. The minimum Gasteiger partial charge on any atom is -0.464 e. The maximum atomic E-state index is 12.6. The van der Waals surface area contributed by atoms with Crippen LogP contribution in [0.1, 0.15) is 124 Å². The number of likely N-dealkylation sites (N-methyl/N-ethyl adjacent to an activating group) is 1. The molecule has 1 N–H and O–H groups in total. The quantitative estimate of drug-likeness (QED) is 0.0490. The largest absolute Gasteiger partial charge is 0.464 e. The fraction of sp³-hybridized carbons (Fsp3) is 0.935. The maximum Gasteiger partial charge on any atom is 0.335 e. The molecule has 0 saturated heterocycles. The van der Waals surface area contributed by atoms with Crippen molar-refractivity contribution < 1.29 is 27.7 Å². The summed E-state index contributed by atoms with van der Waals surface area (Å²) in [5.41, 5.74) is 0. The van der Waals surface area contributed by atoms with Crippen LogP contribution in [0.3, 0.4) is 0 Å². The molecule has 39 heavy (non-hydrogen) atoms. The average Bonchev–Trinajstić information content (AvgIpc) is 2.85. The van der Waals surface area contributed by atoms with Crippen molar-refractivity contribution >= 4 is 20.4 Å². The zero-order valence-electron chi connectivity index (χ0n) is 26.9. The highest BCUT2D eigenvalue weighted by molar-refractivity contribution is 6.66. The van der Waals surface area contributed by atoms with Crippen molar-refractivity contribution in [2.75, 3.05) is 47.0 Å². The topological polar surface area (TPSA) is 73.9 Å². The van der Waals surface area contributed by atoms with Gasteiger partial charge in [0.15, 0.2) is 6.54 Å². The van der Waals surface area contributed by atoms with Gasteiger partial charge in [0.2, 0.25) is 0 Å². The van der Waals surface area contributed by atoms with E-state index in [4.69, 9.17) is 13.6 Å². The Morgan fingerprint density at radius 2 is 1.21 bits per heavy atom. The second kappa shape index (κ2) is 23.7.